The molecule has 0 unspecified atom stereocenters. The molecule has 0 aliphatic heterocycles. The minimum absolute atomic E-state index is 0.0531. The molecular formula is C12H21NO3. The van der Waals surface area contributed by atoms with E-state index in [4.69, 9.17) is 4.74 Å². The molecule has 4 nitrogen and oxygen atoms in total. The Morgan fingerprint density at radius 2 is 2.12 bits per heavy atom. The number of hydrogen-bond acceptors (Lipinski definition) is 4. The number of isocyanates is 1. The highest BCUT2D eigenvalue weighted by molar-refractivity contribution is 5.69. The summed E-state index contributed by atoms with van der Waals surface area (Å²) in [6, 6.07) is 0. The van der Waals surface area contributed by atoms with Crippen LogP contribution in [0.2, 0.25) is 0 Å². The van der Waals surface area contributed by atoms with Gasteiger partial charge in [0, 0.05) is 6.42 Å². The molecule has 0 aromatic rings. The van der Waals surface area contributed by atoms with Gasteiger partial charge in [0.25, 0.3) is 0 Å². The van der Waals surface area contributed by atoms with Crippen molar-refractivity contribution in [3.05, 3.63) is 0 Å². The fraction of sp³-hybridized carbons (Fsp3) is 0.833. The van der Waals surface area contributed by atoms with Crippen LogP contribution in [0.1, 0.15) is 46.5 Å². The topological polar surface area (TPSA) is 55.7 Å². The summed E-state index contributed by atoms with van der Waals surface area (Å²) in [5.41, 5.74) is -0.0531. The molecule has 0 aliphatic rings. The molecule has 0 saturated heterocycles. The molecule has 0 bridgehead atoms. The SMILES string of the molecule is CCCOC(=O)CCCC(C)(C)CN=C=O. The van der Waals surface area contributed by atoms with Gasteiger partial charge in [-0.15, -0.1) is 0 Å². The largest absolute Gasteiger partial charge is 0.466 e. The Labute approximate surface area is 97.1 Å². The molecule has 16 heavy (non-hydrogen) atoms. The molecule has 92 valence electrons. The van der Waals surface area contributed by atoms with Crippen LogP contribution in [0.5, 0.6) is 0 Å². The second-order valence-electron chi connectivity index (χ2n) is 4.65. The van der Waals surface area contributed by atoms with Crippen molar-refractivity contribution in [2.24, 2.45) is 10.4 Å². The summed E-state index contributed by atoms with van der Waals surface area (Å²) in [4.78, 5) is 24.7. The zero-order valence-corrected chi connectivity index (χ0v) is 10.4. The van der Waals surface area contributed by atoms with Gasteiger partial charge in [-0.2, -0.15) is 0 Å². The van der Waals surface area contributed by atoms with Gasteiger partial charge < -0.3 is 4.74 Å². The average molecular weight is 227 g/mol. The number of carbonyl (C=O) groups is 1. The maximum atomic E-state index is 11.2. The first-order valence-electron chi connectivity index (χ1n) is 5.71. The van der Waals surface area contributed by atoms with Gasteiger partial charge >= 0.3 is 5.97 Å². The third-order valence-electron chi connectivity index (χ3n) is 2.27. The van der Waals surface area contributed by atoms with Crippen molar-refractivity contribution in [3.63, 3.8) is 0 Å². The summed E-state index contributed by atoms with van der Waals surface area (Å²) in [5, 5.41) is 0. The van der Waals surface area contributed by atoms with Crippen LogP contribution in [0.25, 0.3) is 0 Å². The fourth-order valence-electron chi connectivity index (χ4n) is 1.32. The first kappa shape index (κ1) is 14.8. The number of hydrogen-bond donors (Lipinski definition) is 0. The summed E-state index contributed by atoms with van der Waals surface area (Å²) < 4.78 is 4.96. The minimum Gasteiger partial charge on any atom is -0.466 e. The second kappa shape index (κ2) is 8.05. The molecule has 0 aromatic carbocycles. The van der Waals surface area contributed by atoms with Crippen molar-refractivity contribution in [3.8, 4) is 0 Å². The van der Waals surface area contributed by atoms with E-state index in [1.54, 1.807) is 0 Å². The van der Waals surface area contributed by atoms with Crippen molar-refractivity contribution in [1.29, 1.82) is 0 Å². The van der Waals surface area contributed by atoms with Crippen LogP contribution >= 0.6 is 0 Å². The lowest BCUT2D eigenvalue weighted by atomic mass is 9.87. The molecule has 0 atom stereocenters. The number of ether oxygens (including phenoxy) is 1. The average Bonchev–Trinajstić information content (AvgIpc) is 2.23. The summed E-state index contributed by atoms with van der Waals surface area (Å²) in [6.07, 6.45) is 4.44. The van der Waals surface area contributed by atoms with Crippen molar-refractivity contribution in [1.82, 2.24) is 0 Å². The van der Waals surface area contributed by atoms with E-state index in [1.807, 2.05) is 20.8 Å². The Hall–Kier alpha value is -1.15. The van der Waals surface area contributed by atoms with Gasteiger partial charge in [-0.25, -0.2) is 9.79 Å². The first-order chi connectivity index (χ1) is 7.52. The lowest BCUT2D eigenvalue weighted by molar-refractivity contribution is -0.143. The van der Waals surface area contributed by atoms with Gasteiger partial charge in [-0.1, -0.05) is 20.8 Å². The molecule has 0 spiro atoms. The van der Waals surface area contributed by atoms with Gasteiger partial charge in [0.15, 0.2) is 0 Å². The molecule has 4 heteroatoms. The standard InChI is InChI=1S/C12H21NO3/c1-4-8-16-11(15)6-5-7-12(2,3)9-13-10-14/h4-9H2,1-3H3. The molecule has 0 fully saturated rings. The van der Waals surface area contributed by atoms with Crippen molar-refractivity contribution in [2.75, 3.05) is 13.2 Å². The van der Waals surface area contributed by atoms with Gasteiger partial charge in [-0.3, -0.25) is 4.79 Å². The highest BCUT2D eigenvalue weighted by Crippen LogP contribution is 2.23. The maximum absolute atomic E-state index is 11.2. The monoisotopic (exact) mass is 227 g/mol. The summed E-state index contributed by atoms with van der Waals surface area (Å²) in [7, 11) is 0. The van der Waals surface area contributed by atoms with Gasteiger partial charge in [0.05, 0.1) is 13.2 Å². The molecule has 0 radical (unpaired) electrons. The molecule has 0 heterocycles. The number of aliphatic imine (C=N–C) groups is 1. The van der Waals surface area contributed by atoms with E-state index in [2.05, 4.69) is 4.99 Å². The zero-order chi connectivity index (χ0) is 12.4. The van der Waals surface area contributed by atoms with Crippen LogP contribution < -0.4 is 0 Å². The van der Waals surface area contributed by atoms with E-state index in [9.17, 15) is 9.59 Å². The van der Waals surface area contributed by atoms with Crippen molar-refractivity contribution in [2.45, 2.75) is 46.5 Å². The van der Waals surface area contributed by atoms with E-state index in [-0.39, 0.29) is 11.4 Å². The lowest BCUT2D eigenvalue weighted by Gasteiger charge is -2.20. The fourth-order valence-corrected chi connectivity index (χ4v) is 1.32. The smallest absolute Gasteiger partial charge is 0.305 e. The third-order valence-corrected chi connectivity index (χ3v) is 2.27. The van der Waals surface area contributed by atoms with Crippen LogP contribution in [0.15, 0.2) is 4.99 Å². The molecule has 0 N–H and O–H groups in total. The van der Waals surface area contributed by atoms with E-state index in [0.29, 0.717) is 19.6 Å². The molecule has 0 saturated carbocycles. The first-order valence-corrected chi connectivity index (χ1v) is 5.71. The predicted molar refractivity (Wildman–Crippen MR) is 61.9 cm³/mol. The van der Waals surface area contributed by atoms with Crippen LogP contribution in [0, 0.1) is 5.41 Å². The Morgan fingerprint density at radius 1 is 1.44 bits per heavy atom. The summed E-state index contributed by atoms with van der Waals surface area (Å²) in [6.45, 7) is 6.96. The number of carbonyl (C=O) groups excluding carboxylic acids is 2. The zero-order valence-electron chi connectivity index (χ0n) is 10.4. The van der Waals surface area contributed by atoms with E-state index in [0.717, 1.165) is 19.3 Å². The van der Waals surface area contributed by atoms with E-state index >= 15 is 0 Å². The van der Waals surface area contributed by atoms with Gasteiger partial charge in [0.2, 0.25) is 6.08 Å². The quantitative estimate of drug-likeness (QED) is 0.363. The predicted octanol–water partition coefficient (Wildman–Crippen LogP) is 2.47. The molecule has 0 amide bonds. The van der Waals surface area contributed by atoms with Crippen LogP contribution in [-0.4, -0.2) is 25.2 Å². The normalized spacial score (nSPS) is 10.7. The summed E-state index contributed by atoms with van der Waals surface area (Å²) in [5.74, 6) is -0.142. The van der Waals surface area contributed by atoms with Crippen molar-refractivity contribution < 1.29 is 14.3 Å². The minimum atomic E-state index is -0.142. The molecule has 0 aliphatic carbocycles. The van der Waals surface area contributed by atoms with E-state index in [1.165, 1.54) is 6.08 Å². The van der Waals surface area contributed by atoms with Gasteiger partial charge in [0.1, 0.15) is 0 Å². The maximum Gasteiger partial charge on any atom is 0.305 e. The lowest BCUT2D eigenvalue weighted by Crippen LogP contribution is -2.16. The van der Waals surface area contributed by atoms with Crippen LogP contribution in [0.3, 0.4) is 0 Å². The highest BCUT2D eigenvalue weighted by Gasteiger charge is 2.17. The Bertz CT molecular complexity index is 255. The molecule has 0 rings (SSSR count). The number of rotatable bonds is 8. The van der Waals surface area contributed by atoms with Crippen molar-refractivity contribution >= 4 is 12.0 Å². The number of nitrogens with zero attached hydrogens (tertiary/aromatic N) is 1. The molecular weight excluding hydrogens is 206 g/mol. The third kappa shape index (κ3) is 8.18. The Balaban J connectivity index is 3.71. The molecule has 0 aromatic heterocycles. The second-order valence-corrected chi connectivity index (χ2v) is 4.65. The Morgan fingerprint density at radius 3 is 2.69 bits per heavy atom. The highest BCUT2D eigenvalue weighted by atomic mass is 16.5. The van der Waals surface area contributed by atoms with Gasteiger partial charge in [-0.05, 0) is 24.7 Å². The summed E-state index contributed by atoms with van der Waals surface area (Å²) >= 11 is 0. The van der Waals surface area contributed by atoms with Crippen LogP contribution in [-0.2, 0) is 14.3 Å². The van der Waals surface area contributed by atoms with Crippen LogP contribution in [0.4, 0.5) is 0 Å². The Kier molecular flexibility index (Phi) is 7.48. The van der Waals surface area contributed by atoms with E-state index < -0.39 is 0 Å². The number of esters is 1.